The number of rotatable bonds is 5. The lowest BCUT2D eigenvalue weighted by Crippen LogP contribution is -2.56. The molecule has 2 atom stereocenters. The van der Waals surface area contributed by atoms with E-state index in [1.807, 2.05) is 0 Å². The third-order valence-corrected chi connectivity index (χ3v) is 4.78. The van der Waals surface area contributed by atoms with E-state index in [0.29, 0.717) is 24.0 Å². The van der Waals surface area contributed by atoms with Gasteiger partial charge < -0.3 is 5.32 Å². The fourth-order valence-corrected chi connectivity index (χ4v) is 3.39. The largest absolute Gasteiger partial charge is 0.311 e. The van der Waals surface area contributed by atoms with E-state index in [-0.39, 0.29) is 0 Å². The first-order valence-corrected chi connectivity index (χ1v) is 8.21. The minimum absolute atomic E-state index is 0.524. The molecule has 1 N–H and O–H groups in total. The molecule has 112 valence electrons. The molecular weight excluding hydrogens is 244 g/mol. The van der Waals surface area contributed by atoms with Crippen LogP contribution in [0.3, 0.4) is 0 Å². The van der Waals surface area contributed by atoms with Gasteiger partial charge in [-0.2, -0.15) is 0 Å². The van der Waals surface area contributed by atoms with Crippen molar-refractivity contribution in [2.45, 2.75) is 58.7 Å². The maximum Gasteiger partial charge on any atom is 0.0476 e. The predicted molar refractivity (Wildman–Crippen MR) is 86.9 cm³/mol. The first kappa shape index (κ1) is 15.5. The summed E-state index contributed by atoms with van der Waals surface area (Å²) in [6.07, 6.45) is 2.48. The summed E-state index contributed by atoms with van der Waals surface area (Å²) in [4.78, 5) is 2.75. The van der Waals surface area contributed by atoms with Crippen LogP contribution in [0.4, 0.5) is 0 Å². The standard InChI is InChI=1S/C18H30N2/c1-5-16(6-2)20-13-17(14(3)4)19-12-18(20)15-10-8-7-9-11-15/h7-11,14,16-19H,5-6,12-13H2,1-4H3. The molecule has 1 heterocycles. The molecule has 1 aromatic rings. The summed E-state index contributed by atoms with van der Waals surface area (Å²) in [6.45, 7) is 11.5. The third kappa shape index (κ3) is 3.42. The third-order valence-electron chi connectivity index (χ3n) is 4.78. The van der Waals surface area contributed by atoms with Crippen LogP contribution in [0.1, 0.15) is 52.1 Å². The van der Waals surface area contributed by atoms with Gasteiger partial charge in [0.05, 0.1) is 0 Å². The lowest BCUT2D eigenvalue weighted by molar-refractivity contribution is 0.0644. The second-order valence-corrected chi connectivity index (χ2v) is 6.35. The van der Waals surface area contributed by atoms with Crippen molar-refractivity contribution in [2.24, 2.45) is 5.92 Å². The maximum atomic E-state index is 3.76. The molecule has 0 spiro atoms. The van der Waals surface area contributed by atoms with Crippen LogP contribution in [0, 0.1) is 5.92 Å². The molecule has 1 aliphatic rings. The van der Waals surface area contributed by atoms with E-state index in [1.165, 1.54) is 24.9 Å². The van der Waals surface area contributed by atoms with Crippen LogP contribution in [-0.2, 0) is 0 Å². The first-order chi connectivity index (χ1) is 9.67. The minimum atomic E-state index is 0.524. The Labute approximate surface area is 124 Å². The van der Waals surface area contributed by atoms with E-state index < -0.39 is 0 Å². The van der Waals surface area contributed by atoms with E-state index >= 15 is 0 Å². The molecule has 2 unspecified atom stereocenters. The van der Waals surface area contributed by atoms with Gasteiger partial charge >= 0.3 is 0 Å². The molecule has 2 nitrogen and oxygen atoms in total. The van der Waals surface area contributed by atoms with E-state index in [0.717, 1.165) is 6.54 Å². The molecule has 1 aliphatic heterocycles. The molecule has 20 heavy (non-hydrogen) atoms. The first-order valence-electron chi connectivity index (χ1n) is 8.21. The zero-order chi connectivity index (χ0) is 14.5. The molecule has 0 aliphatic carbocycles. The van der Waals surface area contributed by atoms with E-state index in [1.54, 1.807) is 0 Å². The Balaban J connectivity index is 2.21. The highest BCUT2D eigenvalue weighted by molar-refractivity contribution is 5.20. The molecule has 2 rings (SSSR count). The average molecular weight is 274 g/mol. The highest BCUT2D eigenvalue weighted by atomic mass is 15.3. The molecular formula is C18H30N2. The summed E-state index contributed by atoms with van der Waals surface area (Å²) in [6, 6.07) is 12.8. The minimum Gasteiger partial charge on any atom is -0.311 e. The second kappa shape index (κ2) is 7.24. The van der Waals surface area contributed by atoms with Gasteiger partial charge in [-0.25, -0.2) is 0 Å². The van der Waals surface area contributed by atoms with Crippen LogP contribution in [-0.4, -0.2) is 30.1 Å². The van der Waals surface area contributed by atoms with E-state index in [2.05, 4.69) is 68.2 Å². The van der Waals surface area contributed by atoms with Crippen LogP contribution in [0.5, 0.6) is 0 Å². The van der Waals surface area contributed by atoms with E-state index in [9.17, 15) is 0 Å². The smallest absolute Gasteiger partial charge is 0.0476 e. The summed E-state index contributed by atoms with van der Waals surface area (Å²) in [5.41, 5.74) is 1.45. The van der Waals surface area contributed by atoms with E-state index in [4.69, 9.17) is 0 Å². The second-order valence-electron chi connectivity index (χ2n) is 6.35. The van der Waals surface area contributed by atoms with Crippen molar-refractivity contribution in [3.05, 3.63) is 35.9 Å². The summed E-state index contributed by atoms with van der Waals surface area (Å²) in [5, 5.41) is 3.76. The highest BCUT2D eigenvalue weighted by Gasteiger charge is 2.33. The van der Waals surface area contributed by atoms with Crippen molar-refractivity contribution in [3.8, 4) is 0 Å². The Morgan fingerprint density at radius 2 is 1.80 bits per heavy atom. The summed E-state index contributed by atoms with van der Waals surface area (Å²) in [5.74, 6) is 0.698. The fraction of sp³-hybridized carbons (Fsp3) is 0.667. The molecule has 0 bridgehead atoms. The van der Waals surface area contributed by atoms with Crippen molar-refractivity contribution in [3.63, 3.8) is 0 Å². The summed E-state index contributed by atoms with van der Waals surface area (Å²) >= 11 is 0. The van der Waals surface area contributed by atoms with Crippen LogP contribution in [0.2, 0.25) is 0 Å². The zero-order valence-electron chi connectivity index (χ0n) is 13.5. The monoisotopic (exact) mass is 274 g/mol. The van der Waals surface area contributed by atoms with Crippen LogP contribution < -0.4 is 5.32 Å². The lowest BCUT2D eigenvalue weighted by Gasteiger charge is -2.45. The Kier molecular flexibility index (Phi) is 5.62. The molecule has 2 heteroatoms. The quantitative estimate of drug-likeness (QED) is 0.877. The molecule has 0 aromatic heterocycles. The van der Waals surface area contributed by atoms with Crippen molar-refractivity contribution in [2.75, 3.05) is 13.1 Å². The van der Waals surface area contributed by atoms with Crippen molar-refractivity contribution in [1.29, 1.82) is 0 Å². The molecule has 0 saturated carbocycles. The van der Waals surface area contributed by atoms with Gasteiger partial charge in [-0.3, -0.25) is 4.90 Å². The van der Waals surface area contributed by atoms with Crippen molar-refractivity contribution >= 4 is 0 Å². The molecule has 0 amide bonds. The SMILES string of the molecule is CCC(CC)N1CC(C(C)C)NCC1c1ccccc1. The Hall–Kier alpha value is -0.860. The number of nitrogens with one attached hydrogen (secondary N) is 1. The van der Waals surface area contributed by atoms with Crippen LogP contribution >= 0.6 is 0 Å². The Morgan fingerprint density at radius 3 is 2.35 bits per heavy atom. The van der Waals surface area contributed by atoms with Crippen LogP contribution in [0.25, 0.3) is 0 Å². The number of hydrogen-bond donors (Lipinski definition) is 1. The molecule has 1 fully saturated rings. The van der Waals surface area contributed by atoms with Gasteiger partial charge in [-0.15, -0.1) is 0 Å². The average Bonchev–Trinajstić information content (AvgIpc) is 2.49. The van der Waals surface area contributed by atoms with Gasteiger partial charge in [-0.1, -0.05) is 58.0 Å². The number of hydrogen-bond acceptors (Lipinski definition) is 2. The highest BCUT2D eigenvalue weighted by Crippen LogP contribution is 2.29. The van der Waals surface area contributed by atoms with Gasteiger partial charge in [0, 0.05) is 31.2 Å². The molecule has 0 radical (unpaired) electrons. The lowest BCUT2D eigenvalue weighted by atomic mass is 9.93. The van der Waals surface area contributed by atoms with Gasteiger partial charge in [-0.05, 0) is 24.3 Å². The van der Waals surface area contributed by atoms with Gasteiger partial charge in [0.2, 0.25) is 0 Å². The maximum absolute atomic E-state index is 3.76. The van der Waals surface area contributed by atoms with Crippen molar-refractivity contribution in [1.82, 2.24) is 10.2 Å². The number of piperazine rings is 1. The van der Waals surface area contributed by atoms with Crippen LogP contribution in [0.15, 0.2) is 30.3 Å². The molecule has 1 saturated heterocycles. The zero-order valence-corrected chi connectivity index (χ0v) is 13.5. The number of nitrogens with zero attached hydrogens (tertiary/aromatic N) is 1. The topological polar surface area (TPSA) is 15.3 Å². The Morgan fingerprint density at radius 1 is 1.15 bits per heavy atom. The Bertz CT molecular complexity index is 384. The van der Waals surface area contributed by atoms with Gasteiger partial charge in [0.1, 0.15) is 0 Å². The fourth-order valence-electron chi connectivity index (χ4n) is 3.39. The predicted octanol–water partition coefficient (Wildman–Crippen LogP) is 3.85. The van der Waals surface area contributed by atoms with Gasteiger partial charge in [0.15, 0.2) is 0 Å². The van der Waals surface area contributed by atoms with Crippen molar-refractivity contribution < 1.29 is 0 Å². The number of benzene rings is 1. The normalized spacial score (nSPS) is 24.5. The van der Waals surface area contributed by atoms with Gasteiger partial charge in [0.25, 0.3) is 0 Å². The summed E-state index contributed by atoms with van der Waals surface area (Å²) < 4.78 is 0. The summed E-state index contributed by atoms with van der Waals surface area (Å²) in [7, 11) is 0. The molecule has 1 aromatic carbocycles.